The molecule has 3 heterocycles. The zero-order valence-electron chi connectivity index (χ0n) is 18.2. The van der Waals surface area contributed by atoms with Crippen molar-refractivity contribution in [3.63, 3.8) is 0 Å². The molecule has 0 bridgehead atoms. The number of nitrogens with one attached hydrogen (secondary N) is 1. The van der Waals surface area contributed by atoms with Crippen molar-refractivity contribution in [1.29, 1.82) is 0 Å². The van der Waals surface area contributed by atoms with Crippen LogP contribution in [0.3, 0.4) is 0 Å². The summed E-state index contributed by atoms with van der Waals surface area (Å²) in [5.41, 5.74) is 5.04. The lowest BCUT2D eigenvalue weighted by Gasteiger charge is -2.30. The molecular weight excluding hydrogens is 416 g/mol. The van der Waals surface area contributed by atoms with Gasteiger partial charge in [-0.1, -0.05) is 30.8 Å². The highest BCUT2D eigenvalue weighted by atomic mass is 16.2. The van der Waals surface area contributed by atoms with E-state index in [1.54, 1.807) is 11.1 Å². The van der Waals surface area contributed by atoms with E-state index in [1.807, 2.05) is 36.4 Å². The summed E-state index contributed by atoms with van der Waals surface area (Å²) in [6.07, 6.45) is 5.92. The first-order chi connectivity index (χ1) is 16.0. The number of nitrogens with zero attached hydrogens (tertiary/aromatic N) is 3. The normalized spacial score (nSPS) is 17.9. The number of piperidine rings is 1. The third kappa shape index (κ3) is 4.26. The van der Waals surface area contributed by atoms with E-state index < -0.39 is 6.04 Å². The van der Waals surface area contributed by atoms with Crippen molar-refractivity contribution in [3.05, 3.63) is 83.5 Å². The van der Waals surface area contributed by atoms with E-state index in [4.69, 9.17) is 0 Å². The van der Waals surface area contributed by atoms with Crippen molar-refractivity contribution in [2.45, 2.75) is 44.7 Å². The minimum absolute atomic E-state index is 0.111. The highest BCUT2D eigenvalue weighted by Gasteiger charge is 2.38. The molecule has 1 aromatic heterocycles. The van der Waals surface area contributed by atoms with Gasteiger partial charge in [0.1, 0.15) is 18.2 Å². The van der Waals surface area contributed by atoms with Crippen LogP contribution in [0.5, 0.6) is 0 Å². The summed E-state index contributed by atoms with van der Waals surface area (Å²) >= 11 is 0. The van der Waals surface area contributed by atoms with E-state index in [-0.39, 0.29) is 17.6 Å². The number of allylic oxidation sites excluding steroid dienone is 1. The lowest BCUT2D eigenvalue weighted by Crippen LogP contribution is -2.49. The van der Waals surface area contributed by atoms with Gasteiger partial charge in [0.25, 0.3) is 5.91 Å². The third-order valence-electron chi connectivity index (χ3n) is 6.37. The number of amides is 2. The summed E-state index contributed by atoms with van der Waals surface area (Å²) in [6, 6.07) is 11.1. The molecule has 1 fully saturated rings. The Morgan fingerprint density at radius 1 is 1.15 bits per heavy atom. The van der Waals surface area contributed by atoms with Gasteiger partial charge in [-0.2, -0.15) is 0 Å². The molecule has 1 saturated heterocycles. The van der Waals surface area contributed by atoms with E-state index in [1.165, 1.54) is 6.33 Å². The van der Waals surface area contributed by atoms with Gasteiger partial charge in [0, 0.05) is 42.2 Å². The molecule has 0 spiro atoms. The Labute approximate surface area is 191 Å². The number of carbonyl (C=O) groups is 3. The van der Waals surface area contributed by atoms with Crippen molar-refractivity contribution < 1.29 is 14.4 Å². The van der Waals surface area contributed by atoms with Gasteiger partial charge in [0.2, 0.25) is 5.91 Å². The number of aromatic nitrogens is 2. The number of rotatable bonds is 6. The van der Waals surface area contributed by atoms with E-state index in [0.29, 0.717) is 49.9 Å². The number of hydrogen-bond donors (Lipinski definition) is 1. The first-order valence-corrected chi connectivity index (χ1v) is 11.1. The highest BCUT2D eigenvalue weighted by molar-refractivity contribution is 6.01. The van der Waals surface area contributed by atoms with Crippen molar-refractivity contribution in [3.8, 4) is 0 Å². The topological polar surface area (TPSA) is 92.3 Å². The minimum Gasteiger partial charge on any atom is -0.329 e. The number of hydrogen-bond acceptors (Lipinski definition) is 5. The quantitative estimate of drug-likeness (QED) is 0.636. The molecule has 0 aliphatic carbocycles. The summed E-state index contributed by atoms with van der Waals surface area (Å²) in [5, 5.41) is 3.71. The molecule has 2 aromatic carbocycles. The number of fused-ring (bicyclic) bond motifs is 2. The van der Waals surface area contributed by atoms with Crippen LogP contribution in [0, 0.1) is 0 Å². The molecule has 0 saturated carbocycles. The van der Waals surface area contributed by atoms with Gasteiger partial charge in [0.15, 0.2) is 0 Å². The maximum atomic E-state index is 12.9. The number of Topliss-reactive ketones (excluding diaryl/α,β-unsaturated/α-hetero) is 1. The van der Waals surface area contributed by atoms with Crippen LogP contribution in [0.2, 0.25) is 0 Å². The Kier molecular flexibility index (Phi) is 5.46. The van der Waals surface area contributed by atoms with E-state index >= 15 is 0 Å². The minimum atomic E-state index is -0.465. The fourth-order valence-corrected chi connectivity index (χ4v) is 4.59. The van der Waals surface area contributed by atoms with Crippen molar-refractivity contribution in [1.82, 2.24) is 20.2 Å². The second-order valence-electron chi connectivity index (χ2n) is 8.70. The third-order valence-corrected chi connectivity index (χ3v) is 6.37. The van der Waals surface area contributed by atoms with Crippen molar-refractivity contribution >= 4 is 28.5 Å². The molecule has 2 aliphatic heterocycles. The summed E-state index contributed by atoms with van der Waals surface area (Å²) in [6.45, 7) is 4.22. The summed E-state index contributed by atoms with van der Waals surface area (Å²) in [5.74, 6) is -0.125. The molecule has 1 atom stereocenters. The predicted octanol–water partition coefficient (Wildman–Crippen LogP) is 3.12. The molecule has 166 valence electrons. The Bertz CT molecular complexity index is 1300. The van der Waals surface area contributed by atoms with Crippen molar-refractivity contribution in [2.75, 3.05) is 0 Å². The second kappa shape index (κ2) is 8.58. The number of benzene rings is 2. The summed E-state index contributed by atoms with van der Waals surface area (Å²) < 4.78 is 0. The van der Waals surface area contributed by atoms with Gasteiger partial charge in [0.05, 0.1) is 5.52 Å². The monoisotopic (exact) mass is 440 g/mol. The van der Waals surface area contributed by atoms with Crippen LogP contribution < -0.4 is 5.32 Å². The molecule has 7 heteroatoms. The first-order valence-electron chi connectivity index (χ1n) is 11.1. The lowest BCUT2D eigenvalue weighted by molar-refractivity contribution is -0.126. The number of aryl methyl sites for hydroxylation is 1. The molecule has 33 heavy (non-hydrogen) atoms. The Hall–Kier alpha value is -3.87. The SMILES string of the molecule is C=C1CCC(N2Cc3cc(CCC(=O)Cc4ccc5cncnc5c4)ccc3C2=O)C(=O)N1. The van der Waals surface area contributed by atoms with Gasteiger partial charge in [-0.15, -0.1) is 0 Å². The van der Waals surface area contributed by atoms with Crippen molar-refractivity contribution in [2.24, 2.45) is 0 Å². The number of carbonyl (C=O) groups excluding carboxylic acids is 3. The molecule has 2 amide bonds. The second-order valence-corrected chi connectivity index (χ2v) is 8.70. The predicted molar refractivity (Wildman–Crippen MR) is 123 cm³/mol. The van der Waals surface area contributed by atoms with Gasteiger partial charge in [-0.05, 0) is 48.1 Å². The molecule has 0 radical (unpaired) electrons. The van der Waals surface area contributed by atoms with Crippen LogP contribution in [0.1, 0.15) is 46.3 Å². The van der Waals surface area contributed by atoms with Crippen LogP contribution in [0.15, 0.2) is 61.2 Å². The standard InChI is InChI=1S/C26H24N4O3/c1-16-2-9-24(25(32)29-16)30-14-20-10-17(5-8-22(20)26(30)33)4-7-21(31)11-18-3-6-19-13-27-15-28-23(19)12-18/h3,5-6,8,10,12-13,15,24H,1-2,4,7,9,11,14H2,(H,29,32). The van der Waals surface area contributed by atoms with Gasteiger partial charge in [-0.3, -0.25) is 14.4 Å². The maximum Gasteiger partial charge on any atom is 0.255 e. The molecule has 7 nitrogen and oxygen atoms in total. The number of ketones is 1. The largest absolute Gasteiger partial charge is 0.329 e. The molecule has 2 aliphatic rings. The zero-order chi connectivity index (χ0) is 22.9. The molecule has 5 rings (SSSR count). The van der Waals surface area contributed by atoms with Crippen LogP contribution in [0.4, 0.5) is 0 Å². The Morgan fingerprint density at radius 3 is 2.85 bits per heavy atom. The zero-order valence-corrected chi connectivity index (χ0v) is 18.2. The van der Waals surface area contributed by atoms with Crippen LogP contribution in [0.25, 0.3) is 10.9 Å². The molecule has 3 aromatic rings. The lowest BCUT2D eigenvalue weighted by atomic mass is 9.99. The average molecular weight is 441 g/mol. The molecular formula is C26H24N4O3. The Morgan fingerprint density at radius 2 is 2.00 bits per heavy atom. The summed E-state index contributed by atoms with van der Waals surface area (Å²) in [7, 11) is 0. The van der Waals surface area contributed by atoms with Crippen LogP contribution >= 0.6 is 0 Å². The van der Waals surface area contributed by atoms with E-state index in [0.717, 1.165) is 27.6 Å². The van der Waals surface area contributed by atoms with E-state index in [9.17, 15) is 14.4 Å². The molecule has 1 unspecified atom stereocenters. The Balaban J connectivity index is 1.21. The maximum absolute atomic E-state index is 12.9. The average Bonchev–Trinajstić information content (AvgIpc) is 3.13. The smallest absolute Gasteiger partial charge is 0.255 e. The van der Waals surface area contributed by atoms with Crippen LogP contribution in [-0.4, -0.2) is 38.5 Å². The van der Waals surface area contributed by atoms with Crippen LogP contribution in [-0.2, 0) is 29.0 Å². The summed E-state index contributed by atoms with van der Waals surface area (Å²) in [4.78, 5) is 47.7. The fraction of sp³-hybridized carbons (Fsp3) is 0.269. The van der Waals surface area contributed by atoms with Gasteiger partial charge >= 0.3 is 0 Å². The molecule has 1 N–H and O–H groups in total. The van der Waals surface area contributed by atoms with E-state index in [2.05, 4.69) is 21.9 Å². The highest BCUT2D eigenvalue weighted by Crippen LogP contribution is 2.29. The van der Waals surface area contributed by atoms with Gasteiger partial charge in [-0.25, -0.2) is 9.97 Å². The first kappa shape index (κ1) is 21.0. The fourth-order valence-electron chi connectivity index (χ4n) is 4.59. The van der Waals surface area contributed by atoms with Gasteiger partial charge < -0.3 is 10.2 Å².